The van der Waals surface area contributed by atoms with Crippen LogP contribution in [0, 0.1) is 19.7 Å². The molecule has 0 fully saturated rings. The van der Waals surface area contributed by atoms with Crippen LogP contribution in [0.15, 0.2) is 46.8 Å². The Morgan fingerprint density at radius 3 is 2.81 bits per heavy atom. The lowest BCUT2D eigenvalue weighted by atomic mass is 10.1. The van der Waals surface area contributed by atoms with Gasteiger partial charge in [0.2, 0.25) is 11.0 Å². The van der Waals surface area contributed by atoms with Crippen molar-refractivity contribution < 1.29 is 9.18 Å². The number of carbonyl (C=O) groups excluding carboxylic acids is 1. The van der Waals surface area contributed by atoms with Gasteiger partial charge in [0.1, 0.15) is 5.82 Å². The molecule has 0 spiro atoms. The molecule has 0 aliphatic carbocycles. The van der Waals surface area contributed by atoms with Gasteiger partial charge in [-0.15, -0.1) is 10.2 Å². The molecule has 0 saturated carbocycles. The maximum absolute atomic E-state index is 13.2. The van der Waals surface area contributed by atoms with E-state index in [1.165, 1.54) is 35.2 Å². The number of nitrogens with one attached hydrogen (secondary N) is 2. The van der Waals surface area contributed by atoms with Crippen LogP contribution in [0.3, 0.4) is 0 Å². The summed E-state index contributed by atoms with van der Waals surface area (Å²) in [6, 6.07) is 12.0. The fourth-order valence-corrected chi connectivity index (χ4v) is 3.85. The van der Waals surface area contributed by atoms with E-state index in [-0.39, 0.29) is 17.5 Å². The first-order valence-electron chi connectivity index (χ1n) is 7.85. The average molecular weight is 388 g/mol. The first-order chi connectivity index (χ1) is 12.5. The number of amides is 1. The third-order valence-corrected chi connectivity index (χ3v) is 5.44. The van der Waals surface area contributed by atoms with Crippen LogP contribution in [0.4, 0.5) is 20.9 Å². The average Bonchev–Trinajstić information content (AvgIpc) is 3.03. The maximum Gasteiger partial charge on any atom is 0.234 e. The molecule has 0 atom stereocenters. The Morgan fingerprint density at radius 2 is 2.04 bits per heavy atom. The van der Waals surface area contributed by atoms with Gasteiger partial charge in [-0.2, -0.15) is 0 Å². The Morgan fingerprint density at radius 1 is 1.19 bits per heavy atom. The molecule has 1 aromatic heterocycles. The fourth-order valence-electron chi connectivity index (χ4n) is 2.28. The first-order valence-corrected chi connectivity index (χ1v) is 9.66. The Balaban J connectivity index is 1.53. The van der Waals surface area contributed by atoms with E-state index in [1.54, 1.807) is 12.1 Å². The summed E-state index contributed by atoms with van der Waals surface area (Å²) in [4.78, 5) is 12.1. The number of thioether (sulfide) groups is 1. The van der Waals surface area contributed by atoms with E-state index in [2.05, 4.69) is 20.8 Å². The van der Waals surface area contributed by atoms with Crippen LogP contribution >= 0.6 is 23.1 Å². The van der Waals surface area contributed by atoms with Gasteiger partial charge in [-0.1, -0.05) is 46.9 Å². The number of rotatable bonds is 6. The second-order valence-electron chi connectivity index (χ2n) is 5.66. The summed E-state index contributed by atoms with van der Waals surface area (Å²) in [6.07, 6.45) is 0. The molecule has 3 aromatic rings. The Labute approximate surface area is 159 Å². The summed E-state index contributed by atoms with van der Waals surface area (Å²) in [5, 5.41) is 14.5. The van der Waals surface area contributed by atoms with Crippen molar-refractivity contribution in [3.8, 4) is 0 Å². The van der Waals surface area contributed by atoms with Crippen LogP contribution in [0.2, 0.25) is 0 Å². The Hall–Kier alpha value is -2.45. The monoisotopic (exact) mass is 388 g/mol. The number of halogens is 1. The molecule has 134 valence electrons. The van der Waals surface area contributed by atoms with Crippen molar-refractivity contribution in [1.29, 1.82) is 0 Å². The van der Waals surface area contributed by atoms with E-state index < -0.39 is 0 Å². The summed E-state index contributed by atoms with van der Waals surface area (Å²) in [7, 11) is 0. The van der Waals surface area contributed by atoms with Crippen molar-refractivity contribution >= 4 is 45.5 Å². The van der Waals surface area contributed by atoms with Crippen LogP contribution in [0.1, 0.15) is 11.1 Å². The van der Waals surface area contributed by atoms with Crippen molar-refractivity contribution in [2.24, 2.45) is 0 Å². The lowest BCUT2D eigenvalue weighted by Crippen LogP contribution is -2.14. The standard InChI is InChI=1S/C18H17FN4OS2/c1-11-6-7-15(12(2)8-11)21-16(24)10-25-18-23-22-17(26-18)20-14-5-3-4-13(19)9-14/h3-9H,10H2,1-2H3,(H,20,22)(H,21,24). The molecule has 0 bridgehead atoms. The number of nitrogens with zero attached hydrogens (tertiary/aromatic N) is 2. The second kappa shape index (κ2) is 8.29. The molecule has 0 aliphatic heterocycles. The number of carbonyl (C=O) groups is 1. The van der Waals surface area contributed by atoms with Gasteiger partial charge < -0.3 is 10.6 Å². The molecule has 0 unspecified atom stereocenters. The first kappa shape index (κ1) is 18.3. The van der Waals surface area contributed by atoms with Crippen molar-refractivity contribution in [2.45, 2.75) is 18.2 Å². The minimum Gasteiger partial charge on any atom is -0.330 e. The van der Waals surface area contributed by atoms with Crippen molar-refractivity contribution in [2.75, 3.05) is 16.4 Å². The topological polar surface area (TPSA) is 66.9 Å². The minimum absolute atomic E-state index is 0.100. The summed E-state index contributed by atoms with van der Waals surface area (Å²) in [5.74, 6) is -0.184. The normalized spacial score (nSPS) is 10.6. The van der Waals surface area contributed by atoms with E-state index in [4.69, 9.17) is 0 Å². The number of benzene rings is 2. The molecule has 8 heteroatoms. The zero-order chi connectivity index (χ0) is 18.5. The van der Waals surface area contributed by atoms with Crippen LogP contribution in [0.5, 0.6) is 0 Å². The van der Waals surface area contributed by atoms with Crippen LogP contribution in [-0.2, 0) is 4.79 Å². The Bertz CT molecular complexity index is 929. The highest BCUT2D eigenvalue weighted by Crippen LogP contribution is 2.28. The molecule has 2 aromatic carbocycles. The third kappa shape index (κ3) is 5.03. The molecule has 26 heavy (non-hydrogen) atoms. The molecule has 1 heterocycles. The van der Waals surface area contributed by atoms with Gasteiger partial charge >= 0.3 is 0 Å². The van der Waals surface area contributed by atoms with Gasteiger partial charge in [-0.05, 0) is 43.7 Å². The predicted octanol–water partition coefficient (Wildman–Crippen LogP) is 4.77. The van der Waals surface area contributed by atoms with E-state index in [0.717, 1.165) is 16.8 Å². The summed E-state index contributed by atoms with van der Waals surface area (Å²) >= 11 is 2.62. The highest BCUT2D eigenvalue weighted by molar-refractivity contribution is 8.01. The smallest absolute Gasteiger partial charge is 0.234 e. The van der Waals surface area contributed by atoms with E-state index >= 15 is 0 Å². The number of hydrogen-bond donors (Lipinski definition) is 2. The van der Waals surface area contributed by atoms with Gasteiger partial charge in [0.15, 0.2) is 4.34 Å². The highest BCUT2D eigenvalue weighted by atomic mass is 32.2. The van der Waals surface area contributed by atoms with Crippen molar-refractivity contribution in [1.82, 2.24) is 10.2 Å². The highest BCUT2D eigenvalue weighted by Gasteiger charge is 2.10. The lowest BCUT2D eigenvalue weighted by molar-refractivity contribution is -0.113. The van der Waals surface area contributed by atoms with Gasteiger partial charge in [-0.25, -0.2) is 4.39 Å². The zero-order valence-corrected chi connectivity index (χ0v) is 15.9. The molecule has 0 saturated heterocycles. The molecule has 3 rings (SSSR count). The van der Waals surface area contributed by atoms with Gasteiger partial charge in [0, 0.05) is 11.4 Å². The van der Waals surface area contributed by atoms with Crippen LogP contribution < -0.4 is 10.6 Å². The van der Waals surface area contributed by atoms with Gasteiger partial charge in [0.25, 0.3) is 0 Å². The van der Waals surface area contributed by atoms with E-state index in [1.807, 2.05) is 32.0 Å². The molecule has 0 radical (unpaired) electrons. The van der Waals surface area contributed by atoms with E-state index in [9.17, 15) is 9.18 Å². The SMILES string of the molecule is Cc1ccc(NC(=O)CSc2nnc(Nc3cccc(F)c3)s2)c(C)c1. The Kier molecular flexibility index (Phi) is 5.85. The predicted molar refractivity (Wildman–Crippen MR) is 105 cm³/mol. The van der Waals surface area contributed by atoms with Gasteiger partial charge in [0.05, 0.1) is 5.75 Å². The molecule has 5 nitrogen and oxygen atoms in total. The van der Waals surface area contributed by atoms with Crippen LogP contribution in [-0.4, -0.2) is 21.9 Å². The summed E-state index contributed by atoms with van der Waals surface area (Å²) < 4.78 is 13.9. The lowest BCUT2D eigenvalue weighted by Gasteiger charge is -2.08. The van der Waals surface area contributed by atoms with Crippen molar-refractivity contribution in [3.63, 3.8) is 0 Å². The molecule has 1 amide bonds. The van der Waals surface area contributed by atoms with Crippen molar-refractivity contribution in [3.05, 3.63) is 59.4 Å². The van der Waals surface area contributed by atoms with Gasteiger partial charge in [-0.3, -0.25) is 4.79 Å². The number of hydrogen-bond acceptors (Lipinski definition) is 6. The number of aryl methyl sites for hydroxylation is 2. The molecular formula is C18H17FN4OS2. The third-order valence-electron chi connectivity index (χ3n) is 3.47. The number of anilines is 3. The number of aromatic nitrogens is 2. The fraction of sp³-hybridized carbons (Fsp3) is 0.167. The summed E-state index contributed by atoms with van der Waals surface area (Å²) in [6.45, 7) is 3.98. The maximum atomic E-state index is 13.2. The van der Waals surface area contributed by atoms with E-state index in [0.29, 0.717) is 15.2 Å². The molecule has 2 N–H and O–H groups in total. The quantitative estimate of drug-likeness (QED) is 0.596. The summed E-state index contributed by atoms with van der Waals surface area (Å²) in [5.41, 5.74) is 3.60. The van der Waals surface area contributed by atoms with Crippen LogP contribution in [0.25, 0.3) is 0 Å². The molecular weight excluding hydrogens is 371 g/mol. The molecule has 0 aliphatic rings. The second-order valence-corrected chi connectivity index (χ2v) is 7.86. The largest absolute Gasteiger partial charge is 0.330 e. The zero-order valence-electron chi connectivity index (χ0n) is 14.2. The minimum atomic E-state index is -0.322.